The van der Waals surface area contributed by atoms with Gasteiger partial charge >= 0.3 is 0 Å². The van der Waals surface area contributed by atoms with Crippen LogP contribution in [0.2, 0.25) is 0 Å². The summed E-state index contributed by atoms with van der Waals surface area (Å²) in [5, 5.41) is 7.16. The van der Waals surface area contributed by atoms with Gasteiger partial charge in [0.15, 0.2) is 0 Å². The van der Waals surface area contributed by atoms with Crippen molar-refractivity contribution in [2.45, 2.75) is 44.8 Å². The monoisotopic (exact) mass is 212 g/mol. The molecule has 0 spiro atoms. The van der Waals surface area contributed by atoms with Gasteiger partial charge in [-0.05, 0) is 51.6 Å². The molecule has 0 bridgehead atoms. The van der Waals surface area contributed by atoms with E-state index in [1.807, 2.05) is 0 Å². The number of nitrogens with one attached hydrogen (secondary N) is 2. The van der Waals surface area contributed by atoms with E-state index < -0.39 is 0 Å². The highest BCUT2D eigenvalue weighted by Gasteiger charge is 2.24. The van der Waals surface area contributed by atoms with Gasteiger partial charge in [0.05, 0.1) is 6.10 Å². The summed E-state index contributed by atoms with van der Waals surface area (Å²) in [7, 11) is 0. The van der Waals surface area contributed by atoms with E-state index >= 15 is 0 Å². The van der Waals surface area contributed by atoms with Crippen LogP contribution in [0.3, 0.4) is 0 Å². The molecular formula is C12H24N2O. The molecule has 0 radical (unpaired) electrons. The molecule has 3 heteroatoms. The Kier molecular flexibility index (Phi) is 4.42. The van der Waals surface area contributed by atoms with Crippen LogP contribution in [0.1, 0.15) is 32.6 Å². The molecule has 0 aliphatic carbocycles. The van der Waals surface area contributed by atoms with Crippen LogP contribution in [0, 0.1) is 5.92 Å². The molecule has 3 atom stereocenters. The lowest BCUT2D eigenvalue weighted by Crippen LogP contribution is -2.35. The van der Waals surface area contributed by atoms with Gasteiger partial charge in [-0.25, -0.2) is 0 Å². The predicted octanol–water partition coefficient (Wildman–Crippen LogP) is 1.14. The molecule has 88 valence electrons. The molecule has 3 nitrogen and oxygen atoms in total. The van der Waals surface area contributed by atoms with E-state index in [2.05, 4.69) is 17.6 Å². The molecule has 2 aliphatic rings. The highest BCUT2D eigenvalue weighted by molar-refractivity contribution is 4.78. The molecule has 15 heavy (non-hydrogen) atoms. The fourth-order valence-corrected chi connectivity index (χ4v) is 2.59. The largest absolute Gasteiger partial charge is 0.378 e. The SMILES string of the molecule is CC1OCCC1CNC1CCCNCC1. The van der Waals surface area contributed by atoms with Crippen molar-refractivity contribution < 1.29 is 4.74 Å². The van der Waals surface area contributed by atoms with E-state index in [1.165, 1.54) is 38.8 Å². The van der Waals surface area contributed by atoms with Crippen LogP contribution in [-0.2, 0) is 4.74 Å². The molecule has 0 aromatic heterocycles. The zero-order valence-corrected chi connectivity index (χ0v) is 9.80. The van der Waals surface area contributed by atoms with Crippen molar-refractivity contribution in [3.05, 3.63) is 0 Å². The van der Waals surface area contributed by atoms with E-state index in [0.29, 0.717) is 6.10 Å². The molecular weight excluding hydrogens is 188 g/mol. The van der Waals surface area contributed by atoms with Crippen LogP contribution >= 0.6 is 0 Å². The van der Waals surface area contributed by atoms with Gasteiger partial charge in [0.1, 0.15) is 0 Å². The van der Waals surface area contributed by atoms with Gasteiger partial charge in [0.2, 0.25) is 0 Å². The Morgan fingerprint density at radius 2 is 2.20 bits per heavy atom. The summed E-state index contributed by atoms with van der Waals surface area (Å²) >= 11 is 0. The molecule has 2 heterocycles. The Hall–Kier alpha value is -0.120. The van der Waals surface area contributed by atoms with Crippen molar-refractivity contribution in [3.8, 4) is 0 Å². The van der Waals surface area contributed by atoms with E-state index in [-0.39, 0.29) is 0 Å². The second-order valence-corrected chi connectivity index (χ2v) is 4.91. The maximum absolute atomic E-state index is 5.58. The van der Waals surface area contributed by atoms with Crippen LogP contribution < -0.4 is 10.6 Å². The van der Waals surface area contributed by atoms with E-state index in [0.717, 1.165) is 25.1 Å². The first-order valence-corrected chi connectivity index (χ1v) is 6.42. The lowest BCUT2D eigenvalue weighted by Gasteiger charge is -2.20. The summed E-state index contributed by atoms with van der Waals surface area (Å²) in [5.74, 6) is 0.737. The third-order valence-electron chi connectivity index (χ3n) is 3.78. The third kappa shape index (κ3) is 3.44. The normalized spacial score (nSPS) is 37.8. The lowest BCUT2D eigenvalue weighted by molar-refractivity contribution is 0.104. The van der Waals surface area contributed by atoms with Crippen molar-refractivity contribution in [3.63, 3.8) is 0 Å². The van der Waals surface area contributed by atoms with Gasteiger partial charge in [0, 0.05) is 19.2 Å². The lowest BCUT2D eigenvalue weighted by atomic mass is 10.0. The molecule has 2 rings (SSSR count). The highest BCUT2D eigenvalue weighted by Crippen LogP contribution is 2.19. The minimum atomic E-state index is 0.460. The topological polar surface area (TPSA) is 33.3 Å². The summed E-state index contributed by atoms with van der Waals surface area (Å²) in [6, 6.07) is 0.729. The number of ether oxygens (including phenoxy) is 1. The first-order chi connectivity index (χ1) is 7.36. The molecule has 2 aliphatic heterocycles. The van der Waals surface area contributed by atoms with E-state index in [4.69, 9.17) is 4.74 Å². The van der Waals surface area contributed by atoms with Gasteiger partial charge in [-0.2, -0.15) is 0 Å². The maximum atomic E-state index is 5.58. The third-order valence-corrected chi connectivity index (χ3v) is 3.78. The van der Waals surface area contributed by atoms with E-state index in [1.54, 1.807) is 0 Å². The Balaban J connectivity index is 1.67. The van der Waals surface area contributed by atoms with Crippen LogP contribution in [0.15, 0.2) is 0 Å². The Bertz CT molecular complexity index is 178. The molecule has 0 amide bonds. The van der Waals surface area contributed by atoms with Crippen molar-refractivity contribution in [1.82, 2.24) is 10.6 Å². The minimum Gasteiger partial charge on any atom is -0.378 e. The fourth-order valence-electron chi connectivity index (χ4n) is 2.59. The highest BCUT2D eigenvalue weighted by atomic mass is 16.5. The average Bonchev–Trinajstić information content (AvgIpc) is 2.53. The van der Waals surface area contributed by atoms with Crippen molar-refractivity contribution in [2.24, 2.45) is 5.92 Å². The number of rotatable bonds is 3. The fraction of sp³-hybridized carbons (Fsp3) is 1.00. The van der Waals surface area contributed by atoms with Gasteiger partial charge in [0.25, 0.3) is 0 Å². The predicted molar refractivity (Wildman–Crippen MR) is 62.0 cm³/mol. The summed E-state index contributed by atoms with van der Waals surface area (Å²) in [6.07, 6.45) is 5.62. The summed E-state index contributed by atoms with van der Waals surface area (Å²) in [5.41, 5.74) is 0. The van der Waals surface area contributed by atoms with Gasteiger partial charge in [-0.15, -0.1) is 0 Å². The summed E-state index contributed by atoms with van der Waals surface area (Å²) in [4.78, 5) is 0. The zero-order valence-electron chi connectivity index (χ0n) is 9.80. The van der Waals surface area contributed by atoms with Crippen molar-refractivity contribution in [2.75, 3.05) is 26.2 Å². The van der Waals surface area contributed by atoms with Crippen LogP contribution in [0.25, 0.3) is 0 Å². The number of hydrogen-bond acceptors (Lipinski definition) is 3. The standard InChI is InChI=1S/C12H24N2O/c1-10-11(5-8-15-10)9-14-12-3-2-6-13-7-4-12/h10-14H,2-9H2,1H3. The Morgan fingerprint density at radius 1 is 1.27 bits per heavy atom. The zero-order chi connectivity index (χ0) is 10.5. The van der Waals surface area contributed by atoms with Crippen LogP contribution in [0.4, 0.5) is 0 Å². The van der Waals surface area contributed by atoms with Gasteiger partial charge in [-0.3, -0.25) is 0 Å². The average molecular weight is 212 g/mol. The van der Waals surface area contributed by atoms with Crippen LogP contribution in [-0.4, -0.2) is 38.4 Å². The first-order valence-electron chi connectivity index (χ1n) is 6.42. The maximum Gasteiger partial charge on any atom is 0.0588 e. The molecule has 2 saturated heterocycles. The molecule has 0 saturated carbocycles. The second kappa shape index (κ2) is 5.83. The second-order valence-electron chi connectivity index (χ2n) is 4.91. The molecule has 0 aromatic carbocycles. The summed E-state index contributed by atoms with van der Waals surface area (Å²) in [6.45, 7) is 6.68. The van der Waals surface area contributed by atoms with Crippen molar-refractivity contribution >= 4 is 0 Å². The Labute approximate surface area is 93.0 Å². The Morgan fingerprint density at radius 3 is 3.00 bits per heavy atom. The summed E-state index contributed by atoms with van der Waals surface area (Å²) < 4.78 is 5.58. The quantitative estimate of drug-likeness (QED) is 0.736. The van der Waals surface area contributed by atoms with E-state index in [9.17, 15) is 0 Å². The van der Waals surface area contributed by atoms with Crippen molar-refractivity contribution in [1.29, 1.82) is 0 Å². The van der Waals surface area contributed by atoms with Gasteiger partial charge < -0.3 is 15.4 Å². The molecule has 2 N–H and O–H groups in total. The van der Waals surface area contributed by atoms with Gasteiger partial charge in [-0.1, -0.05) is 0 Å². The molecule has 3 unspecified atom stereocenters. The number of hydrogen-bond donors (Lipinski definition) is 2. The smallest absolute Gasteiger partial charge is 0.0588 e. The van der Waals surface area contributed by atoms with Crippen LogP contribution in [0.5, 0.6) is 0 Å². The molecule has 0 aromatic rings. The first kappa shape index (κ1) is 11.4. The minimum absolute atomic E-state index is 0.460. The molecule has 2 fully saturated rings.